The van der Waals surface area contributed by atoms with Gasteiger partial charge in [0.25, 0.3) is 0 Å². The SMILES string of the molecule is Cc1cc(Br)cc(C2CCNCC2)c1O. The molecule has 1 aromatic rings. The van der Waals surface area contributed by atoms with Crippen LogP contribution in [0.2, 0.25) is 0 Å². The van der Waals surface area contributed by atoms with E-state index in [4.69, 9.17) is 0 Å². The normalized spacial score (nSPS) is 18.0. The maximum Gasteiger partial charge on any atom is 0.122 e. The van der Waals surface area contributed by atoms with Crippen molar-refractivity contribution in [3.05, 3.63) is 27.7 Å². The van der Waals surface area contributed by atoms with Gasteiger partial charge in [0.1, 0.15) is 5.75 Å². The van der Waals surface area contributed by atoms with Gasteiger partial charge in [-0.2, -0.15) is 0 Å². The molecule has 1 saturated heterocycles. The quantitative estimate of drug-likeness (QED) is 0.822. The first-order chi connectivity index (χ1) is 7.18. The van der Waals surface area contributed by atoms with E-state index in [9.17, 15) is 5.11 Å². The van der Waals surface area contributed by atoms with E-state index in [1.807, 2.05) is 13.0 Å². The van der Waals surface area contributed by atoms with Crippen LogP contribution in [0.15, 0.2) is 16.6 Å². The molecule has 15 heavy (non-hydrogen) atoms. The number of aryl methyl sites for hydroxylation is 1. The molecule has 0 atom stereocenters. The van der Waals surface area contributed by atoms with Crippen molar-refractivity contribution in [2.24, 2.45) is 0 Å². The molecule has 0 aromatic heterocycles. The second-order valence-corrected chi connectivity index (χ2v) is 5.10. The number of benzene rings is 1. The molecular weight excluding hydrogens is 254 g/mol. The Labute approximate surface area is 98.8 Å². The average molecular weight is 270 g/mol. The van der Waals surface area contributed by atoms with E-state index in [0.29, 0.717) is 11.7 Å². The third kappa shape index (κ3) is 2.34. The second-order valence-electron chi connectivity index (χ2n) is 4.18. The summed E-state index contributed by atoms with van der Waals surface area (Å²) in [4.78, 5) is 0. The van der Waals surface area contributed by atoms with Gasteiger partial charge in [0.2, 0.25) is 0 Å². The number of piperidine rings is 1. The van der Waals surface area contributed by atoms with Crippen LogP contribution in [0.25, 0.3) is 0 Å². The number of phenols is 1. The van der Waals surface area contributed by atoms with Crippen LogP contribution in [-0.2, 0) is 0 Å². The molecule has 0 spiro atoms. The summed E-state index contributed by atoms with van der Waals surface area (Å²) in [6, 6.07) is 4.01. The van der Waals surface area contributed by atoms with E-state index < -0.39 is 0 Å². The first kappa shape index (κ1) is 11.0. The molecule has 0 radical (unpaired) electrons. The van der Waals surface area contributed by atoms with Gasteiger partial charge in [-0.25, -0.2) is 0 Å². The minimum absolute atomic E-state index is 0.477. The first-order valence-corrected chi connectivity index (χ1v) is 6.17. The fourth-order valence-electron chi connectivity index (χ4n) is 2.21. The number of rotatable bonds is 1. The number of halogens is 1. The Morgan fingerprint density at radius 1 is 1.33 bits per heavy atom. The van der Waals surface area contributed by atoms with Gasteiger partial charge in [-0.3, -0.25) is 0 Å². The Morgan fingerprint density at radius 3 is 2.67 bits per heavy atom. The van der Waals surface area contributed by atoms with E-state index in [1.165, 1.54) is 0 Å². The Kier molecular flexibility index (Phi) is 3.32. The van der Waals surface area contributed by atoms with Gasteiger partial charge in [0.05, 0.1) is 0 Å². The molecule has 0 unspecified atom stereocenters. The van der Waals surface area contributed by atoms with Crippen LogP contribution < -0.4 is 5.32 Å². The van der Waals surface area contributed by atoms with Crippen LogP contribution in [0.1, 0.15) is 29.9 Å². The lowest BCUT2D eigenvalue weighted by atomic mass is 9.88. The zero-order chi connectivity index (χ0) is 10.8. The van der Waals surface area contributed by atoms with Crippen LogP contribution in [0.3, 0.4) is 0 Å². The van der Waals surface area contributed by atoms with Crippen LogP contribution in [0, 0.1) is 6.92 Å². The van der Waals surface area contributed by atoms with Gasteiger partial charge in [-0.15, -0.1) is 0 Å². The Bertz CT molecular complexity index is 359. The molecular formula is C12H16BrNO. The van der Waals surface area contributed by atoms with E-state index in [-0.39, 0.29) is 0 Å². The zero-order valence-electron chi connectivity index (χ0n) is 8.89. The summed E-state index contributed by atoms with van der Waals surface area (Å²) < 4.78 is 1.06. The number of hydrogen-bond acceptors (Lipinski definition) is 2. The molecule has 2 nitrogen and oxygen atoms in total. The highest BCUT2D eigenvalue weighted by molar-refractivity contribution is 9.10. The molecule has 1 aliphatic rings. The van der Waals surface area contributed by atoms with Crippen molar-refractivity contribution in [1.82, 2.24) is 5.32 Å². The topological polar surface area (TPSA) is 32.3 Å². The minimum atomic E-state index is 0.477. The lowest BCUT2D eigenvalue weighted by Gasteiger charge is -2.24. The maximum absolute atomic E-state index is 10.0. The lowest BCUT2D eigenvalue weighted by molar-refractivity contribution is 0.422. The van der Waals surface area contributed by atoms with E-state index in [2.05, 4.69) is 27.3 Å². The number of nitrogens with one attached hydrogen (secondary N) is 1. The van der Waals surface area contributed by atoms with E-state index in [1.54, 1.807) is 0 Å². The van der Waals surface area contributed by atoms with Crippen molar-refractivity contribution >= 4 is 15.9 Å². The first-order valence-electron chi connectivity index (χ1n) is 5.38. The van der Waals surface area contributed by atoms with Gasteiger partial charge in [0, 0.05) is 4.47 Å². The van der Waals surface area contributed by atoms with Crippen LogP contribution in [-0.4, -0.2) is 18.2 Å². The van der Waals surface area contributed by atoms with Gasteiger partial charge in [-0.05, 0) is 62.0 Å². The molecule has 2 rings (SSSR count). The fraction of sp³-hybridized carbons (Fsp3) is 0.500. The van der Waals surface area contributed by atoms with Crippen molar-refractivity contribution < 1.29 is 5.11 Å². The second kappa shape index (κ2) is 4.54. The molecule has 82 valence electrons. The highest BCUT2D eigenvalue weighted by atomic mass is 79.9. The summed E-state index contributed by atoms with van der Waals surface area (Å²) in [5.74, 6) is 0.979. The molecule has 1 fully saturated rings. The lowest BCUT2D eigenvalue weighted by Crippen LogP contribution is -2.26. The molecule has 0 amide bonds. The Balaban J connectivity index is 2.33. The maximum atomic E-state index is 10.0. The Morgan fingerprint density at radius 2 is 2.00 bits per heavy atom. The molecule has 2 N–H and O–H groups in total. The number of aromatic hydroxyl groups is 1. The highest BCUT2D eigenvalue weighted by Crippen LogP contribution is 2.36. The third-order valence-electron chi connectivity index (χ3n) is 3.07. The van der Waals surface area contributed by atoms with E-state index in [0.717, 1.165) is 41.5 Å². The molecule has 1 aromatic carbocycles. The highest BCUT2D eigenvalue weighted by Gasteiger charge is 2.19. The molecule has 3 heteroatoms. The summed E-state index contributed by atoms with van der Waals surface area (Å²) >= 11 is 3.49. The zero-order valence-corrected chi connectivity index (χ0v) is 10.5. The standard InChI is InChI=1S/C12H16BrNO/c1-8-6-10(13)7-11(12(8)15)9-2-4-14-5-3-9/h6-7,9,14-15H,2-5H2,1H3. The predicted molar refractivity (Wildman–Crippen MR) is 65.4 cm³/mol. The Hall–Kier alpha value is -0.540. The van der Waals surface area contributed by atoms with E-state index >= 15 is 0 Å². The van der Waals surface area contributed by atoms with Crippen molar-refractivity contribution in [1.29, 1.82) is 0 Å². The average Bonchev–Trinajstić information content (AvgIpc) is 2.24. The van der Waals surface area contributed by atoms with Gasteiger partial charge in [-0.1, -0.05) is 15.9 Å². The number of hydrogen-bond donors (Lipinski definition) is 2. The summed E-state index contributed by atoms with van der Waals surface area (Å²) in [5.41, 5.74) is 2.06. The molecule has 0 saturated carbocycles. The summed E-state index contributed by atoms with van der Waals surface area (Å²) in [5, 5.41) is 13.4. The van der Waals surface area contributed by atoms with Crippen LogP contribution in [0.4, 0.5) is 0 Å². The summed E-state index contributed by atoms with van der Waals surface area (Å²) in [6.07, 6.45) is 2.23. The van der Waals surface area contributed by atoms with Crippen molar-refractivity contribution in [2.45, 2.75) is 25.7 Å². The fourth-order valence-corrected chi connectivity index (χ4v) is 2.80. The molecule has 0 aliphatic carbocycles. The predicted octanol–water partition coefficient (Wildman–Crippen LogP) is 2.93. The van der Waals surface area contributed by atoms with Crippen molar-refractivity contribution in [2.75, 3.05) is 13.1 Å². The molecule has 0 bridgehead atoms. The van der Waals surface area contributed by atoms with Crippen LogP contribution >= 0.6 is 15.9 Å². The largest absolute Gasteiger partial charge is 0.507 e. The van der Waals surface area contributed by atoms with Crippen molar-refractivity contribution in [3.63, 3.8) is 0 Å². The monoisotopic (exact) mass is 269 g/mol. The van der Waals surface area contributed by atoms with Gasteiger partial charge >= 0.3 is 0 Å². The molecule has 1 aliphatic heterocycles. The smallest absolute Gasteiger partial charge is 0.122 e. The molecule has 1 heterocycles. The minimum Gasteiger partial charge on any atom is -0.507 e. The summed E-state index contributed by atoms with van der Waals surface area (Å²) in [7, 11) is 0. The summed E-state index contributed by atoms with van der Waals surface area (Å²) in [6.45, 7) is 4.05. The van der Waals surface area contributed by atoms with Gasteiger partial charge < -0.3 is 10.4 Å². The van der Waals surface area contributed by atoms with Crippen LogP contribution in [0.5, 0.6) is 5.75 Å². The van der Waals surface area contributed by atoms with Gasteiger partial charge in [0.15, 0.2) is 0 Å². The number of phenolic OH excluding ortho intramolecular Hbond substituents is 1. The third-order valence-corrected chi connectivity index (χ3v) is 3.53. The van der Waals surface area contributed by atoms with Crippen molar-refractivity contribution in [3.8, 4) is 5.75 Å².